The maximum Gasteiger partial charge on any atom is 0.164 e. The third-order valence-corrected chi connectivity index (χ3v) is 4.32. The summed E-state index contributed by atoms with van der Waals surface area (Å²) in [6.45, 7) is 2.20. The molecule has 0 unspecified atom stereocenters. The van der Waals surface area contributed by atoms with E-state index >= 15 is 0 Å². The Labute approximate surface area is 92.1 Å². The zero-order chi connectivity index (χ0) is 10.9. The third-order valence-electron chi connectivity index (χ3n) is 4.32. The smallest absolute Gasteiger partial charge is 0.164 e. The van der Waals surface area contributed by atoms with E-state index in [1.165, 1.54) is 19.3 Å². The predicted octanol–water partition coefficient (Wildman–Crippen LogP) is 2.69. The first-order valence-corrected chi connectivity index (χ1v) is 6.36. The second-order valence-electron chi connectivity index (χ2n) is 5.64. The summed E-state index contributed by atoms with van der Waals surface area (Å²) >= 11 is 0. The Balaban J connectivity index is 1.87. The lowest BCUT2D eigenvalue weighted by atomic mass is 9.73. The monoisotopic (exact) mass is 210 g/mol. The fourth-order valence-electron chi connectivity index (χ4n) is 2.67. The van der Waals surface area contributed by atoms with Gasteiger partial charge in [0.25, 0.3) is 0 Å². The molecule has 0 aliphatic heterocycles. The molecule has 2 nitrogen and oxygen atoms in total. The summed E-state index contributed by atoms with van der Waals surface area (Å²) in [5.74, 6) is 1.39. The number of rotatable bonds is 3. The summed E-state index contributed by atoms with van der Waals surface area (Å²) < 4.78 is 0. The van der Waals surface area contributed by atoms with E-state index in [1.54, 1.807) is 0 Å². The zero-order valence-corrected chi connectivity index (χ0v) is 9.67. The number of carbonyl (C=O) groups excluding carboxylic acids is 1. The molecule has 0 aromatic rings. The van der Waals surface area contributed by atoms with E-state index in [0.29, 0.717) is 31.1 Å². The van der Waals surface area contributed by atoms with Gasteiger partial charge in [-0.15, -0.1) is 0 Å². The van der Waals surface area contributed by atoms with Crippen LogP contribution in [0.25, 0.3) is 0 Å². The van der Waals surface area contributed by atoms with Crippen LogP contribution in [0.3, 0.4) is 0 Å². The van der Waals surface area contributed by atoms with E-state index < -0.39 is 5.60 Å². The number of hydrogen-bond acceptors (Lipinski definition) is 2. The van der Waals surface area contributed by atoms with Crippen molar-refractivity contribution in [3.8, 4) is 0 Å². The topological polar surface area (TPSA) is 37.3 Å². The number of aliphatic hydroxyl groups is 1. The van der Waals surface area contributed by atoms with Crippen LogP contribution in [0.15, 0.2) is 0 Å². The molecule has 0 saturated heterocycles. The summed E-state index contributed by atoms with van der Waals surface area (Å²) in [5, 5.41) is 10.3. The van der Waals surface area contributed by atoms with Crippen molar-refractivity contribution < 1.29 is 9.90 Å². The van der Waals surface area contributed by atoms with Crippen LogP contribution in [0.2, 0.25) is 0 Å². The molecule has 0 bridgehead atoms. The quantitative estimate of drug-likeness (QED) is 0.777. The lowest BCUT2D eigenvalue weighted by Crippen LogP contribution is -2.43. The molecule has 0 amide bonds. The summed E-state index contributed by atoms with van der Waals surface area (Å²) in [5.41, 5.74) is -0.956. The largest absolute Gasteiger partial charge is 0.382 e. The van der Waals surface area contributed by atoms with Gasteiger partial charge in [-0.1, -0.05) is 26.2 Å². The first kappa shape index (κ1) is 11.1. The highest BCUT2D eigenvalue weighted by molar-refractivity contribution is 5.87. The highest BCUT2D eigenvalue weighted by Crippen LogP contribution is 2.37. The molecule has 15 heavy (non-hydrogen) atoms. The second-order valence-corrected chi connectivity index (χ2v) is 5.64. The molecule has 86 valence electrons. The van der Waals surface area contributed by atoms with E-state index in [4.69, 9.17) is 0 Å². The molecule has 0 atom stereocenters. The van der Waals surface area contributed by atoms with Crippen LogP contribution >= 0.6 is 0 Å². The van der Waals surface area contributed by atoms with Gasteiger partial charge in [-0.25, -0.2) is 0 Å². The molecule has 0 aromatic heterocycles. The van der Waals surface area contributed by atoms with Crippen molar-refractivity contribution in [2.75, 3.05) is 0 Å². The van der Waals surface area contributed by atoms with Crippen LogP contribution in [0, 0.1) is 11.8 Å². The molecule has 2 aliphatic rings. The van der Waals surface area contributed by atoms with E-state index in [1.807, 2.05) is 0 Å². The maximum atomic E-state index is 12.0. The molecule has 2 fully saturated rings. The van der Waals surface area contributed by atoms with Crippen molar-refractivity contribution >= 4 is 5.78 Å². The van der Waals surface area contributed by atoms with Crippen LogP contribution in [0.4, 0.5) is 0 Å². The van der Waals surface area contributed by atoms with Gasteiger partial charge in [-0.2, -0.15) is 0 Å². The van der Waals surface area contributed by atoms with Gasteiger partial charge in [0.2, 0.25) is 0 Å². The number of Topliss-reactive ketones (excluding diaryl/α,β-unsaturated/α-hetero) is 1. The van der Waals surface area contributed by atoms with Gasteiger partial charge < -0.3 is 5.11 Å². The van der Waals surface area contributed by atoms with Gasteiger partial charge >= 0.3 is 0 Å². The van der Waals surface area contributed by atoms with Crippen LogP contribution in [-0.4, -0.2) is 16.5 Å². The Hall–Kier alpha value is -0.370. The zero-order valence-electron chi connectivity index (χ0n) is 9.67. The molecular weight excluding hydrogens is 188 g/mol. The van der Waals surface area contributed by atoms with Crippen molar-refractivity contribution in [1.29, 1.82) is 0 Å². The Morgan fingerprint density at radius 2 is 1.87 bits per heavy atom. The van der Waals surface area contributed by atoms with Gasteiger partial charge in [0.15, 0.2) is 5.78 Å². The van der Waals surface area contributed by atoms with E-state index in [9.17, 15) is 9.90 Å². The molecule has 0 heterocycles. The van der Waals surface area contributed by atoms with Crippen LogP contribution < -0.4 is 0 Å². The summed E-state index contributed by atoms with van der Waals surface area (Å²) in [6.07, 6.45) is 7.69. The van der Waals surface area contributed by atoms with Crippen LogP contribution in [0.1, 0.15) is 58.3 Å². The normalized spacial score (nSPS) is 37.3. The Morgan fingerprint density at radius 3 is 2.33 bits per heavy atom. The van der Waals surface area contributed by atoms with Crippen LogP contribution in [0.5, 0.6) is 0 Å². The molecule has 2 saturated carbocycles. The van der Waals surface area contributed by atoms with Crippen molar-refractivity contribution in [3.05, 3.63) is 0 Å². The van der Waals surface area contributed by atoms with Crippen molar-refractivity contribution in [1.82, 2.24) is 0 Å². The van der Waals surface area contributed by atoms with Crippen molar-refractivity contribution in [2.45, 2.75) is 63.9 Å². The van der Waals surface area contributed by atoms with E-state index in [0.717, 1.165) is 12.8 Å². The molecule has 0 aromatic carbocycles. The standard InChI is InChI=1S/C13H22O2/c1-10-5-7-13(15,8-6-10)12(14)9-11-3-2-4-11/h10-11,15H,2-9H2,1H3. The van der Waals surface area contributed by atoms with Gasteiger partial charge in [-0.05, 0) is 37.5 Å². The lowest BCUT2D eigenvalue weighted by Gasteiger charge is -2.35. The Morgan fingerprint density at radius 1 is 1.27 bits per heavy atom. The molecule has 0 spiro atoms. The van der Waals surface area contributed by atoms with Gasteiger partial charge in [0.05, 0.1) is 0 Å². The SMILES string of the molecule is CC1CCC(O)(C(=O)CC2CCC2)CC1. The summed E-state index contributed by atoms with van der Waals surface area (Å²) in [6, 6.07) is 0. The van der Waals surface area contributed by atoms with E-state index in [-0.39, 0.29) is 5.78 Å². The maximum absolute atomic E-state index is 12.0. The average molecular weight is 210 g/mol. The van der Waals surface area contributed by atoms with Gasteiger partial charge in [0.1, 0.15) is 5.60 Å². The molecule has 1 N–H and O–H groups in total. The molecule has 2 aliphatic carbocycles. The Kier molecular flexibility index (Phi) is 3.15. The summed E-state index contributed by atoms with van der Waals surface area (Å²) in [7, 11) is 0. The minimum absolute atomic E-state index is 0.124. The molecular formula is C13H22O2. The van der Waals surface area contributed by atoms with Gasteiger partial charge in [0, 0.05) is 6.42 Å². The lowest BCUT2D eigenvalue weighted by molar-refractivity contribution is -0.143. The molecule has 2 rings (SSSR count). The number of carbonyl (C=O) groups is 1. The number of ketones is 1. The summed E-state index contributed by atoms with van der Waals surface area (Å²) in [4.78, 5) is 12.0. The Bertz CT molecular complexity index is 235. The highest BCUT2D eigenvalue weighted by atomic mass is 16.3. The van der Waals surface area contributed by atoms with Crippen molar-refractivity contribution in [2.24, 2.45) is 11.8 Å². The van der Waals surface area contributed by atoms with Crippen molar-refractivity contribution in [3.63, 3.8) is 0 Å². The molecule has 0 radical (unpaired) electrons. The fourth-order valence-corrected chi connectivity index (χ4v) is 2.67. The average Bonchev–Trinajstić information content (AvgIpc) is 2.16. The minimum Gasteiger partial charge on any atom is -0.382 e. The fraction of sp³-hybridized carbons (Fsp3) is 0.923. The van der Waals surface area contributed by atoms with Crippen LogP contribution in [-0.2, 0) is 4.79 Å². The third kappa shape index (κ3) is 2.41. The second kappa shape index (κ2) is 4.25. The first-order valence-electron chi connectivity index (χ1n) is 6.36. The predicted molar refractivity (Wildman–Crippen MR) is 59.5 cm³/mol. The molecule has 2 heteroatoms. The number of hydrogen-bond donors (Lipinski definition) is 1. The minimum atomic E-state index is -0.956. The first-order chi connectivity index (χ1) is 7.10. The van der Waals surface area contributed by atoms with E-state index in [2.05, 4.69) is 6.92 Å². The van der Waals surface area contributed by atoms with Gasteiger partial charge in [-0.3, -0.25) is 4.79 Å². The highest BCUT2D eigenvalue weighted by Gasteiger charge is 2.39.